The molecule has 0 amide bonds. The smallest absolute Gasteiger partial charge is 0.393 e. The van der Waals surface area contributed by atoms with E-state index in [2.05, 4.69) is 4.98 Å². The molecule has 0 saturated heterocycles. The molecule has 0 spiro atoms. The lowest BCUT2D eigenvalue weighted by molar-refractivity contribution is 0.244. The topological polar surface area (TPSA) is 55.5 Å². The largest absolute Gasteiger partial charge is 0.450 e. The summed E-state index contributed by atoms with van der Waals surface area (Å²) in [5, 5.41) is 8.54. The Morgan fingerprint density at radius 2 is 2.60 bits per heavy atom. The summed E-state index contributed by atoms with van der Waals surface area (Å²) in [5.74, 6) is 0. The van der Waals surface area contributed by atoms with Gasteiger partial charge in [0.1, 0.15) is 12.0 Å². The first-order chi connectivity index (χ1) is 4.86. The quantitative estimate of drug-likeness (QED) is 0.671. The molecular weight excluding hydrogens is 134 g/mol. The van der Waals surface area contributed by atoms with E-state index in [1.54, 1.807) is 0 Å². The minimum Gasteiger partial charge on any atom is -0.450 e. The molecule has 0 aliphatic carbocycles. The number of aliphatic hydroxyl groups excluding tert-OH is 1. The number of hydrogen-bond acceptors (Lipinski definition) is 4. The van der Waals surface area contributed by atoms with Gasteiger partial charge in [0, 0.05) is 0 Å². The summed E-state index contributed by atoms with van der Waals surface area (Å²) in [7, 11) is 0. The minimum atomic E-state index is -0.115. The van der Waals surface area contributed by atoms with Crippen molar-refractivity contribution < 1.29 is 14.3 Å². The van der Waals surface area contributed by atoms with E-state index >= 15 is 0 Å². The SMILES string of the molecule is CCOc1nc(CO)co1. The zero-order valence-electron chi connectivity index (χ0n) is 5.70. The summed E-state index contributed by atoms with van der Waals surface area (Å²) in [6.07, 6.45) is 1.58. The second-order valence-electron chi connectivity index (χ2n) is 1.70. The molecule has 1 N–H and O–H groups in total. The van der Waals surface area contributed by atoms with Crippen LogP contribution in [0.25, 0.3) is 0 Å². The average Bonchev–Trinajstić information content (AvgIpc) is 2.37. The molecule has 4 nitrogen and oxygen atoms in total. The molecule has 0 unspecified atom stereocenters. The lowest BCUT2D eigenvalue weighted by Gasteiger charge is -1.91. The molecule has 1 rings (SSSR count). The van der Waals surface area contributed by atoms with Crippen LogP contribution in [0.15, 0.2) is 10.7 Å². The van der Waals surface area contributed by atoms with Gasteiger partial charge in [0.25, 0.3) is 0 Å². The third-order valence-corrected chi connectivity index (χ3v) is 0.960. The van der Waals surface area contributed by atoms with Gasteiger partial charge in [0.2, 0.25) is 0 Å². The van der Waals surface area contributed by atoms with E-state index in [9.17, 15) is 0 Å². The second-order valence-corrected chi connectivity index (χ2v) is 1.70. The van der Waals surface area contributed by atoms with Crippen LogP contribution < -0.4 is 4.74 Å². The zero-order chi connectivity index (χ0) is 7.40. The van der Waals surface area contributed by atoms with Crippen LogP contribution in [0.2, 0.25) is 0 Å². The Kier molecular flexibility index (Phi) is 2.28. The number of oxazole rings is 1. The van der Waals surface area contributed by atoms with Gasteiger partial charge >= 0.3 is 6.08 Å². The highest BCUT2D eigenvalue weighted by molar-refractivity contribution is 4.97. The highest BCUT2D eigenvalue weighted by Gasteiger charge is 2.00. The molecule has 0 atom stereocenters. The first-order valence-electron chi connectivity index (χ1n) is 3.05. The van der Waals surface area contributed by atoms with Crippen LogP contribution in [0.4, 0.5) is 0 Å². The highest BCUT2D eigenvalue weighted by Crippen LogP contribution is 2.08. The van der Waals surface area contributed by atoms with Crippen molar-refractivity contribution in [1.82, 2.24) is 4.98 Å². The Morgan fingerprint density at radius 1 is 1.80 bits per heavy atom. The van der Waals surface area contributed by atoms with Crippen LogP contribution in [0.5, 0.6) is 6.08 Å². The van der Waals surface area contributed by atoms with E-state index in [1.165, 1.54) is 6.26 Å². The van der Waals surface area contributed by atoms with Gasteiger partial charge in [0.05, 0.1) is 13.2 Å². The van der Waals surface area contributed by atoms with Gasteiger partial charge in [-0.25, -0.2) is 0 Å². The molecule has 56 valence electrons. The van der Waals surface area contributed by atoms with Crippen LogP contribution in [-0.4, -0.2) is 16.7 Å². The van der Waals surface area contributed by atoms with Crippen molar-refractivity contribution in [1.29, 1.82) is 0 Å². The van der Waals surface area contributed by atoms with Crippen molar-refractivity contribution >= 4 is 0 Å². The number of hydrogen-bond donors (Lipinski definition) is 1. The molecule has 0 radical (unpaired) electrons. The van der Waals surface area contributed by atoms with Crippen molar-refractivity contribution in [3.63, 3.8) is 0 Å². The second kappa shape index (κ2) is 3.22. The van der Waals surface area contributed by atoms with Gasteiger partial charge in [-0.05, 0) is 6.92 Å². The fourth-order valence-corrected chi connectivity index (χ4v) is 0.551. The van der Waals surface area contributed by atoms with E-state index in [0.717, 1.165) is 0 Å². The molecule has 0 bridgehead atoms. The Labute approximate surface area is 58.4 Å². The number of aromatic nitrogens is 1. The van der Waals surface area contributed by atoms with Gasteiger partial charge in [-0.15, -0.1) is 0 Å². The van der Waals surface area contributed by atoms with Crippen LogP contribution in [0.3, 0.4) is 0 Å². The van der Waals surface area contributed by atoms with Crippen LogP contribution >= 0.6 is 0 Å². The Morgan fingerprint density at radius 3 is 3.10 bits per heavy atom. The standard InChI is InChI=1S/C6H9NO3/c1-2-9-6-7-5(3-8)4-10-6/h4,8H,2-3H2,1H3. The molecule has 0 aliphatic heterocycles. The van der Waals surface area contributed by atoms with Crippen molar-refractivity contribution in [2.75, 3.05) is 6.61 Å². The molecule has 10 heavy (non-hydrogen) atoms. The molecule has 1 heterocycles. The van der Waals surface area contributed by atoms with Crippen molar-refractivity contribution in [3.05, 3.63) is 12.0 Å². The molecule has 1 aromatic heterocycles. The Bertz CT molecular complexity index is 197. The third kappa shape index (κ3) is 1.48. The van der Waals surface area contributed by atoms with Gasteiger partial charge in [-0.1, -0.05) is 0 Å². The molecule has 4 heteroatoms. The summed E-state index contributed by atoms with van der Waals surface area (Å²) in [6, 6.07) is 0. The summed E-state index contributed by atoms with van der Waals surface area (Å²) >= 11 is 0. The Balaban J connectivity index is 2.59. The van der Waals surface area contributed by atoms with Crippen molar-refractivity contribution in [2.24, 2.45) is 0 Å². The zero-order valence-corrected chi connectivity index (χ0v) is 5.70. The lowest BCUT2D eigenvalue weighted by Crippen LogP contribution is -1.91. The fraction of sp³-hybridized carbons (Fsp3) is 0.500. The van der Waals surface area contributed by atoms with Gasteiger partial charge in [-0.2, -0.15) is 4.98 Å². The van der Waals surface area contributed by atoms with E-state index in [4.69, 9.17) is 14.3 Å². The van der Waals surface area contributed by atoms with Crippen LogP contribution in [0.1, 0.15) is 12.6 Å². The number of aliphatic hydroxyl groups is 1. The molecule has 0 saturated carbocycles. The third-order valence-electron chi connectivity index (χ3n) is 0.960. The number of nitrogens with zero attached hydrogens (tertiary/aromatic N) is 1. The monoisotopic (exact) mass is 143 g/mol. The van der Waals surface area contributed by atoms with E-state index in [1.807, 2.05) is 6.92 Å². The normalized spacial score (nSPS) is 9.80. The summed E-state index contributed by atoms with van der Waals surface area (Å²) in [4.78, 5) is 3.78. The molecule has 1 aromatic rings. The maximum absolute atomic E-state index is 8.54. The molecular formula is C6H9NO3. The minimum absolute atomic E-state index is 0.115. The molecule has 0 fully saturated rings. The molecule has 0 aromatic carbocycles. The van der Waals surface area contributed by atoms with Gasteiger partial charge in [0.15, 0.2) is 0 Å². The van der Waals surface area contributed by atoms with E-state index in [-0.39, 0.29) is 12.7 Å². The van der Waals surface area contributed by atoms with Crippen molar-refractivity contribution in [2.45, 2.75) is 13.5 Å². The van der Waals surface area contributed by atoms with E-state index < -0.39 is 0 Å². The van der Waals surface area contributed by atoms with Crippen LogP contribution in [-0.2, 0) is 6.61 Å². The maximum Gasteiger partial charge on any atom is 0.393 e. The fourth-order valence-electron chi connectivity index (χ4n) is 0.551. The summed E-state index contributed by atoms with van der Waals surface area (Å²) in [5.41, 5.74) is 0.489. The van der Waals surface area contributed by atoms with Gasteiger partial charge < -0.3 is 14.3 Å². The van der Waals surface area contributed by atoms with Crippen molar-refractivity contribution in [3.8, 4) is 6.08 Å². The summed E-state index contributed by atoms with van der Waals surface area (Å²) < 4.78 is 9.70. The molecule has 0 aliphatic rings. The van der Waals surface area contributed by atoms with Crippen LogP contribution in [0, 0.1) is 0 Å². The van der Waals surface area contributed by atoms with E-state index in [0.29, 0.717) is 12.3 Å². The number of ether oxygens (including phenoxy) is 1. The maximum atomic E-state index is 8.54. The predicted molar refractivity (Wildman–Crippen MR) is 33.6 cm³/mol. The number of rotatable bonds is 3. The summed E-state index contributed by atoms with van der Waals surface area (Å²) in [6.45, 7) is 2.24. The lowest BCUT2D eigenvalue weighted by atomic mass is 10.5. The van der Waals surface area contributed by atoms with Gasteiger partial charge in [-0.3, -0.25) is 0 Å². The highest BCUT2D eigenvalue weighted by atomic mass is 16.6. The first kappa shape index (κ1) is 7.08. The first-order valence-corrected chi connectivity index (χ1v) is 3.05. The predicted octanol–water partition coefficient (Wildman–Crippen LogP) is 0.566. The Hall–Kier alpha value is -1.03. The average molecular weight is 143 g/mol.